The summed E-state index contributed by atoms with van der Waals surface area (Å²) in [6.45, 7) is 1.34. The summed E-state index contributed by atoms with van der Waals surface area (Å²) >= 11 is 3.29. The van der Waals surface area contributed by atoms with Gasteiger partial charge in [-0.3, -0.25) is 0 Å². The topological polar surface area (TPSA) is 30.5 Å². The van der Waals surface area contributed by atoms with E-state index in [0.29, 0.717) is 29.9 Å². The van der Waals surface area contributed by atoms with Crippen molar-refractivity contribution in [2.24, 2.45) is 0 Å². The van der Waals surface area contributed by atoms with Crippen LogP contribution in [0.4, 0.5) is 13.2 Å². The minimum absolute atomic E-state index is 0.392. The summed E-state index contributed by atoms with van der Waals surface area (Å²) in [5, 5.41) is 3.13. The van der Waals surface area contributed by atoms with Crippen molar-refractivity contribution in [3.05, 3.63) is 28.2 Å². The molecule has 1 N–H and O–H groups in total. The number of hydrogen-bond acceptors (Lipinski definition) is 3. The molecule has 0 heterocycles. The molecule has 0 amide bonds. The van der Waals surface area contributed by atoms with E-state index in [1.165, 1.54) is 0 Å². The first kappa shape index (κ1) is 17.3. The van der Waals surface area contributed by atoms with Crippen molar-refractivity contribution in [2.75, 3.05) is 26.9 Å². The Bertz CT molecular complexity index is 413. The summed E-state index contributed by atoms with van der Waals surface area (Å²) < 4.78 is 47.2. The van der Waals surface area contributed by atoms with Gasteiger partial charge in [0.25, 0.3) is 0 Å². The van der Waals surface area contributed by atoms with E-state index in [1.54, 1.807) is 13.2 Å². The van der Waals surface area contributed by atoms with Crippen molar-refractivity contribution < 1.29 is 22.6 Å². The van der Waals surface area contributed by atoms with E-state index in [-0.39, 0.29) is 0 Å². The molecule has 0 fully saturated rings. The Kier molecular flexibility index (Phi) is 7.32. The van der Waals surface area contributed by atoms with Crippen molar-refractivity contribution in [2.45, 2.75) is 19.1 Å². The summed E-state index contributed by atoms with van der Waals surface area (Å²) in [6, 6.07) is 5.36. The largest absolute Gasteiger partial charge is 0.492 e. The lowest BCUT2D eigenvalue weighted by Crippen LogP contribution is -2.19. The molecule has 1 aromatic carbocycles. The Morgan fingerprint density at radius 2 is 2.00 bits per heavy atom. The minimum Gasteiger partial charge on any atom is -0.492 e. The highest BCUT2D eigenvalue weighted by molar-refractivity contribution is 9.10. The van der Waals surface area contributed by atoms with Gasteiger partial charge in [-0.2, -0.15) is 13.2 Å². The number of halogens is 4. The lowest BCUT2D eigenvalue weighted by molar-refractivity contribution is -0.139. The summed E-state index contributed by atoms with van der Waals surface area (Å²) in [7, 11) is 1.60. The molecule has 0 atom stereocenters. The van der Waals surface area contributed by atoms with E-state index >= 15 is 0 Å². The highest BCUT2D eigenvalue weighted by Gasteiger charge is 2.27. The van der Waals surface area contributed by atoms with Gasteiger partial charge in [0.1, 0.15) is 5.75 Å². The van der Waals surface area contributed by atoms with Crippen molar-refractivity contribution in [1.29, 1.82) is 0 Å². The highest BCUT2D eigenvalue weighted by atomic mass is 79.9. The molecule has 0 spiro atoms. The highest BCUT2D eigenvalue weighted by Crippen LogP contribution is 2.30. The maximum Gasteiger partial charge on any atom is 0.392 e. The van der Waals surface area contributed by atoms with E-state index in [9.17, 15) is 13.2 Å². The normalized spacial score (nSPS) is 11.7. The fourth-order valence-corrected chi connectivity index (χ4v) is 2.04. The second-order valence-electron chi connectivity index (χ2n) is 4.11. The standard InChI is InChI=1S/C13H17BrF3NO2/c1-19-8-6-18-9-10-3-2-4-11(14)12(10)20-7-5-13(15,16)17/h2-4,18H,5-9H2,1H3. The fraction of sp³-hybridized carbons (Fsp3) is 0.538. The van der Waals surface area contributed by atoms with Crippen LogP contribution in [-0.2, 0) is 11.3 Å². The first-order chi connectivity index (χ1) is 9.44. The van der Waals surface area contributed by atoms with Gasteiger partial charge in [0.15, 0.2) is 0 Å². The van der Waals surface area contributed by atoms with Crippen LogP contribution in [0.15, 0.2) is 22.7 Å². The van der Waals surface area contributed by atoms with Crippen LogP contribution in [0.5, 0.6) is 5.75 Å². The summed E-state index contributed by atoms with van der Waals surface area (Å²) in [6.07, 6.45) is -5.18. The van der Waals surface area contributed by atoms with Crippen LogP contribution in [0, 0.1) is 0 Å². The molecule has 0 aromatic heterocycles. The van der Waals surface area contributed by atoms with Gasteiger partial charge in [0, 0.05) is 25.8 Å². The molecule has 0 unspecified atom stereocenters. The van der Waals surface area contributed by atoms with Crippen molar-refractivity contribution in [3.8, 4) is 5.75 Å². The fourth-order valence-electron chi connectivity index (χ4n) is 1.52. The summed E-state index contributed by atoms with van der Waals surface area (Å²) in [5.74, 6) is 0.446. The Hall–Kier alpha value is -0.790. The van der Waals surface area contributed by atoms with Crippen LogP contribution in [0.3, 0.4) is 0 Å². The van der Waals surface area contributed by atoms with Gasteiger partial charge in [0.2, 0.25) is 0 Å². The maximum atomic E-state index is 12.1. The van der Waals surface area contributed by atoms with Gasteiger partial charge in [-0.1, -0.05) is 12.1 Å². The Morgan fingerprint density at radius 1 is 1.25 bits per heavy atom. The number of alkyl halides is 3. The van der Waals surface area contributed by atoms with E-state index < -0.39 is 19.2 Å². The van der Waals surface area contributed by atoms with Crippen LogP contribution in [0.1, 0.15) is 12.0 Å². The average molecular weight is 356 g/mol. The zero-order valence-electron chi connectivity index (χ0n) is 11.1. The van der Waals surface area contributed by atoms with E-state index in [1.807, 2.05) is 12.1 Å². The molecule has 0 saturated carbocycles. The molecule has 1 aromatic rings. The molecular formula is C13H17BrF3NO2. The molecule has 0 aliphatic rings. The molecule has 0 aliphatic heterocycles. The predicted octanol–water partition coefficient (Wildman–Crippen LogP) is 3.52. The number of para-hydroxylation sites is 1. The Labute approximate surface area is 124 Å². The molecular weight excluding hydrogens is 339 g/mol. The number of methoxy groups -OCH3 is 1. The second kappa shape index (κ2) is 8.49. The average Bonchev–Trinajstić information content (AvgIpc) is 2.36. The van der Waals surface area contributed by atoms with Crippen LogP contribution in [0.25, 0.3) is 0 Å². The molecule has 3 nitrogen and oxygen atoms in total. The first-order valence-electron chi connectivity index (χ1n) is 6.10. The third kappa shape index (κ3) is 6.58. The monoisotopic (exact) mass is 355 g/mol. The molecule has 0 radical (unpaired) electrons. The maximum absolute atomic E-state index is 12.1. The van der Waals surface area contributed by atoms with Gasteiger partial charge < -0.3 is 14.8 Å². The van der Waals surface area contributed by atoms with E-state index in [2.05, 4.69) is 21.2 Å². The molecule has 20 heavy (non-hydrogen) atoms. The van der Waals surface area contributed by atoms with Crippen LogP contribution in [-0.4, -0.2) is 33.0 Å². The third-order valence-electron chi connectivity index (χ3n) is 2.48. The minimum atomic E-state index is -4.21. The van der Waals surface area contributed by atoms with Crippen LogP contribution < -0.4 is 10.1 Å². The molecule has 1 rings (SSSR count). The summed E-state index contributed by atoms with van der Waals surface area (Å²) in [4.78, 5) is 0. The number of hydrogen-bond donors (Lipinski definition) is 1. The number of benzene rings is 1. The van der Waals surface area contributed by atoms with Crippen molar-refractivity contribution in [3.63, 3.8) is 0 Å². The van der Waals surface area contributed by atoms with Crippen LogP contribution in [0.2, 0.25) is 0 Å². The molecule has 0 saturated heterocycles. The van der Waals surface area contributed by atoms with Gasteiger partial charge in [-0.05, 0) is 22.0 Å². The molecule has 114 valence electrons. The van der Waals surface area contributed by atoms with E-state index in [0.717, 1.165) is 5.56 Å². The first-order valence-corrected chi connectivity index (χ1v) is 6.90. The van der Waals surface area contributed by atoms with Gasteiger partial charge in [0.05, 0.1) is 24.1 Å². The summed E-state index contributed by atoms with van der Waals surface area (Å²) in [5.41, 5.74) is 0.803. The zero-order chi connectivity index (χ0) is 15.0. The Morgan fingerprint density at radius 3 is 2.65 bits per heavy atom. The van der Waals surface area contributed by atoms with Gasteiger partial charge in [-0.25, -0.2) is 0 Å². The number of rotatable bonds is 8. The SMILES string of the molecule is COCCNCc1cccc(Br)c1OCCC(F)(F)F. The lowest BCUT2D eigenvalue weighted by Gasteiger charge is -2.14. The predicted molar refractivity (Wildman–Crippen MR) is 73.9 cm³/mol. The van der Waals surface area contributed by atoms with Crippen LogP contribution >= 0.6 is 15.9 Å². The molecule has 0 aliphatic carbocycles. The number of ether oxygens (including phenoxy) is 2. The van der Waals surface area contributed by atoms with E-state index in [4.69, 9.17) is 9.47 Å². The number of nitrogens with one attached hydrogen (secondary N) is 1. The third-order valence-corrected chi connectivity index (χ3v) is 3.10. The molecule has 0 bridgehead atoms. The quantitative estimate of drug-likeness (QED) is 0.723. The van der Waals surface area contributed by atoms with Gasteiger partial charge in [-0.15, -0.1) is 0 Å². The van der Waals surface area contributed by atoms with Gasteiger partial charge >= 0.3 is 6.18 Å². The second-order valence-corrected chi connectivity index (χ2v) is 4.97. The zero-order valence-corrected chi connectivity index (χ0v) is 12.7. The Balaban J connectivity index is 2.58. The smallest absolute Gasteiger partial charge is 0.392 e. The van der Waals surface area contributed by atoms with Crippen molar-refractivity contribution in [1.82, 2.24) is 5.32 Å². The lowest BCUT2D eigenvalue weighted by atomic mass is 10.2. The van der Waals surface area contributed by atoms with Crippen molar-refractivity contribution >= 4 is 15.9 Å². The molecule has 7 heteroatoms.